The van der Waals surface area contributed by atoms with Gasteiger partial charge in [0.2, 0.25) is 0 Å². The summed E-state index contributed by atoms with van der Waals surface area (Å²) < 4.78 is 11.2. The molecule has 2 aliphatic heterocycles. The van der Waals surface area contributed by atoms with Crippen molar-refractivity contribution in [2.75, 3.05) is 52.5 Å². The zero-order chi connectivity index (χ0) is 18.4. The number of likely N-dealkylation sites (tertiary alicyclic amines) is 1. The van der Waals surface area contributed by atoms with E-state index in [0.29, 0.717) is 31.9 Å². The second kappa shape index (κ2) is 8.98. The summed E-state index contributed by atoms with van der Waals surface area (Å²) in [6.45, 7) is 11.2. The number of carbonyl (C=O) groups excluding carboxylic acids is 1. The molecule has 0 amide bonds. The number of rotatable bonds is 8. The van der Waals surface area contributed by atoms with E-state index >= 15 is 0 Å². The molecule has 5 heteroatoms. The normalized spacial score (nSPS) is 21.0. The lowest BCUT2D eigenvalue weighted by atomic mass is 10.0. The molecule has 0 saturated carbocycles. The highest BCUT2D eigenvalue weighted by Crippen LogP contribution is 2.27. The molecule has 2 saturated heterocycles. The van der Waals surface area contributed by atoms with Gasteiger partial charge in [0.15, 0.2) is 5.78 Å². The number of nitrogens with zero attached hydrogens (tertiary/aromatic N) is 2. The van der Waals surface area contributed by atoms with Crippen molar-refractivity contribution in [1.82, 2.24) is 9.80 Å². The number of hydrogen-bond acceptors (Lipinski definition) is 5. The van der Waals surface area contributed by atoms with E-state index in [2.05, 4.69) is 23.6 Å². The lowest BCUT2D eigenvalue weighted by molar-refractivity contribution is 0.0371. The predicted molar refractivity (Wildman–Crippen MR) is 103 cm³/mol. The Labute approximate surface area is 157 Å². The molecule has 2 fully saturated rings. The Balaban J connectivity index is 1.39. The van der Waals surface area contributed by atoms with Crippen molar-refractivity contribution in [3.8, 4) is 5.75 Å². The van der Waals surface area contributed by atoms with Crippen molar-refractivity contribution < 1.29 is 14.3 Å². The van der Waals surface area contributed by atoms with Gasteiger partial charge in [0.1, 0.15) is 5.75 Å². The first kappa shape index (κ1) is 19.3. The highest BCUT2D eigenvalue weighted by molar-refractivity contribution is 5.97. The first-order valence-corrected chi connectivity index (χ1v) is 9.86. The summed E-state index contributed by atoms with van der Waals surface area (Å²) in [5, 5.41) is 0. The molecule has 0 aromatic heterocycles. The lowest BCUT2D eigenvalue weighted by Gasteiger charge is -2.31. The Hall–Kier alpha value is -1.43. The number of benzene rings is 1. The second-order valence-electron chi connectivity index (χ2n) is 7.94. The van der Waals surface area contributed by atoms with Crippen LogP contribution in [0.5, 0.6) is 5.75 Å². The minimum Gasteiger partial charge on any atom is -0.494 e. The monoisotopic (exact) mass is 360 g/mol. The quantitative estimate of drug-likeness (QED) is 0.527. The molecular weight excluding hydrogens is 328 g/mol. The second-order valence-corrected chi connectivity index (χ2v) is 7.94. The zero-order valence-electron chi connectivity index (χ0n) is 16.2. The van der Waals surface area contributed by atoms with Crippen LogP contribution in [0.1, 0.15) is 43.5 Å². The molecule has 1 aromatic carbocycles. The third-order valence-corrected chi connectivity index (χ3v) is 5.56. The number of ketones is 1. The summed E-state index contributed by atoms with van der Waals surface area (Å²) in [5.74, 6) is 1.00. The summed E-state index contributed by atoms with van der Waals surface area (Å²) in [4.78, 5) is 17.1. The Kier molecular flexibility index (Phi) is 6.68. The fraction of sp³-hybridized carbons (Fsp3) is 0.667. The Morgan fingerprint density at radius 2 is 1.88 bits per heavy atom. The van der Waals surface area contributed by atoms with Crippen LogP contribution in [-0.4, -0.2) is 73.7 Å². The van der Waals surface area contributed by atoms with Crippen molar-refractivity contribution >= 4 is 5.78 Å². The molecule has 3 rings (SSSR count). The molecular formula is C21H32N2O3. The van der Waals surface area contributed by atoms with Gasteiger partial charge in [0.05, 0.1) is 26.4 Å². The van der Waals surface area contributed by atoms with Crippen LogP contribution < -0.4 is 4.74 Å². The van der Waals surface area contributed by atoms with E-state index in [9.17, 15) is 4.79 Å². The summed E-state index contributed by atoms with van der Waals surface area (Å²) in [6, 6.07) is 7.57. The van der Waals surface area contributed by atoms with Crippen molar-refractivity contribution in [2.24, 2.45) is 0 Å². The average molecular weight is 360 g/mol. The zero-order valence-corrected chi connectivity index (χ0v) is 16.2. The van der Waals surface area contributed by atoms with E-state index in [1.165, 1.54) is 19.4 Å². The van der Waals surface area contributed by atoms with E-state index in [-0.39, 0.29) is 5.78 Å². The third kappa shape index (κ3) is 5.29. The van der Waals surface area contributed by atoms with Gasteiger partial charge in [-0.05, 0) is 63.9 Å². The topological polar surface area (TPSA) is 42.0 Å². The van der Waals surface area contributed by atoms with E-state index in [1.807, 2.05) is 24.3 Å². The van der Waals surface area contributed by atoms with Crippen LogP contribution in [0.4, 0.5) is 0 Å². The van der Waals surface area contributed by atoms with Crippen LogP contribution in [0.2, 0.25) is 0 Å². The van der Waals surface area contributed by atoms with E-state index in [1.54, 1.807) is 0 Å². The van der Waals surface area contributed by atoms with Gasteiger partial charge < -0.3 is 9.47 Å². The maximum absolute atomic E-state index is 12.4. The van der Waals surface area contributed by atoms with E-state index < -0.39 is 0 Å². The maximum Gasteiger partial charge on any atom is 0.176 e. The van der Waals surface area contributed by atoms with Gasteiger partial charge >= 0.3 is 0 Å². The number of morpholine rings is 1. The van der Waals surface area contributed by atoms with Gasteiger partial charge in [-0.2, -0.15) is 0 Å². The number of carbonyl (C=O) groups is 1. The maximum atomic E-state index is 12.4. The standard InChI is InChI=1S/C21H32N2O3/c1-21(2)9-3-10-23(21)11-4-14-26-19-7-5-18(6-8-19)20(24)17-22-12-15-25-16-13-22/h5-8H,3-4,9-17H2,1-2H3. The molecule has 2 aliphatic rings. The van der Waals surface area contributed by atoms with Gasteiger partial charge in [0.25, 0.3) is 0 Å². The SMILES string of the molecule is CC1(C)CCCN1CCCOc1ccc(C(=O)CN2CCOCC2)cc1. The summed E-state index contributed by atoms with van der Waals surface area (Å²) in [6.07, 6.45) is 3.61. The Morgan fingerprint density at radius 1 is 1.15 bits per heavy atom. The minimum absolute atomic E-state index is 0.162. The molecule has 144 valence electrons. The van der Waals surface area contributed by atoms with Crippen LogP contribution in [0, 0.1) is 0 Å². The molecule has 5 nitrogen and oxygen atoms in total. The smallest absolute Gasteiger partial charge is 0.176 e. The van der Waals surface area contributed by atoms with Crippen molar-refractivity contribution in [3.63, 3.8) is 0 Å². The van der Waals surface area contributed by atoms with Crippen molar-refractivity contribution in [1.29, 1.82) is 0 Å². The molecule has 0 radical (unpaired) electrons. The van der Waals surface area contributed by atoms with Gasteiger partial charge in [-0.1, -0.05) is 0 Å². The predicted octanol–water partition coefficient (Wildman–Crippen LogP) is 2.84. The molecule has 26 heavy (non-hydrogen) atoms. The first-order valence-electron chi connectivity index (χ1n) is 9.86. The van der Waals surface area contributed by atoms with Crippen LogP contribution in [0.25, 0.3) is 0 Å². The molecule has 1 aromatic rings. The summed E-state index contributed by atoms with van der Waals surface area (Å²) in [5.41, 5.74) is 1.09. The Bertz CT molecular complexity index is 579. The van der Waals surface area contributed by atoms with Crippen LogP contribution in [0.3, 0.4) is 0 Å². The molecule has 0 spiro atoms. The van der Waals surface area contributed by atoms with Gasteiger partial charge in [-0.3, -0.25) is 14.6 Å². The van der Waals surface area contributed by atoms with Crippen LogP contribution >= 0.6 is 0 Å². The lowest BCUT2D eigenvalue weighted by Crippen LogP contribution is -2.39. The average Bonchev–Trinajstić information content (AvgIpc) is 2.98. The Morgan fingerprint density at radius 3 is 2.54 bits per heavy atom. The van der Waals surface area contributed by atoms with Gasteiger partial charge in [-0.25, -0.2) is 0 Å². The van der Waals surface area contributed by atoms with E-state index in [4.69, 9.17) is 9.47 Å². The molecule has 0 atom stereocenters. The largest absolute Gasteiger partial charge is 0.494 e. The van der Waals surface area contributed by atoms with Crippen LogP contribution in [0.15, 0.2) is 24.3 Å². The van der Waals surface area contributed by atoms with Gasteiger partial charge in [-0.15, -0.1) is 0 Å². The molecule has 0 N–H and O–H groups in total. The fourth-order valence-electron chi connectivity index (χ4n) is 3.81. The molecule has 2 heterocycles. The van der Waals surface area contributed by atoms with Crippen molar-refractivity contribution in [2.45, 2.75) is 38.6 Å². The van der Waals surface area contributed by atoms with Gasteiger partial charge in [0, 0.05) is 30.7 Å². The molecule has 0 bridgehead atoms. The fourth-order valence-corrected chi connectivity index (χ4v) is 3.81. The highest BCUT2D eigenvalue weighted by Gasteiger charge is 2.30. The number of ether oxygens (including phenoxy) is 2. The first-order chi connectivity index (χ1) is 12.5. The highest BCUT2D eigenvalue weighted by atomic mass is 16.5. The van der Waals surface area contributed by atoms with E-state index in [0.717, 1.165) is 37.4 Å². The molecule has 0 unspecified atom stereocenters. The minimum atomic E-state index is 0.162. The summed E-state index contributed by atoms with van der Waals surface area (Å²) in [7, 11) is 0. The number of Topliss-reactive ketones (excluding diaryl/α,β-unsaturated/α-hetero) is 1. The number of hydrogen-bond donors (Lipinski definition) is 0. The van der Waals surface area contributed by atoms with Crippen molar-refractivity contribution in [3.05, 3.63) is 29.8 Å². The summed E-state index contributed by atoms with van der Waals surface area (Å²) >= 11 is 0. The molecule has 0 aliphatic carbocycles. The van der Waals surface area contributed by atoms with Crippen LogP contribution in [-0.2, 0) is 4.74 Å². The third-order valence-electron chi connectivity index (χ3n) is 5.56.